The van der Waals surface area contributed by atoms with E-state index in [2.05, 4.69) is 22.2 Å². The smallest absolute Gasteiger partial charge is 0.137 e. The lowest BCUT2D eigenvalue weighted by Gasteiger charge is -2.35. The maximum Gasteiger partial charge on any atom is 0.137 e. The standard InChI is InChI=1S/C11H16ClN3O/c1-3-9-10(12)13-6-14-11(9)15-7-4-8(5-7)16-2/h6-8H,3-5H2,1-2H3,(H,13,14,15). The third-order valence-electron chi connectivity index (χ3n) is 3.02. The second kappa shape index (κ2) is 4.97. The second-order valence-electron chi connectivity index (χ2n) is 4.02. The zero-order chi connectivity index (χ0) is 11.5. The average molecular weight is 242 g/mol. The fourth-order valence-electron chi connectivity index (χ4n) is 1.90. The molecule has 5 heteroatoms. The van der Waals surface area contributed by atoms with Gasteiger partial charge in [0.1, 0.15) is 17.3 Å². The summed E-state index contributed by atoms with van der Waals surface area (Å²) in [4.78, 5) is 8.22. The van der Waals surface area contributed by atoms with E-state index in [9.17, 15) is 0 Å². The highest BCUT2D eigenvalue weighted by Gasteiger charge is 2.29. The van der Waals surface area contributed by atoms with Gasteiger partial charge in [0.25, 0.3) is 0 Å². The van der Waals surface area contributed by atoms with Gasteiger partial charge in [0.05, 0.1) is 6.10 Å². The fourth-order valence-corrected chi connectivity index (χ4v) is 2.16. The van der Waals surface area contributed by atoms with Crippen LogP contribution >= 0.6 is 11.6 Å². The first-order chi connectivity index (χ1) is 7.74. The molecule has 1 saturated carbocycles. The summed E-state index contributed by atoms with van der Waals surface area (Å²) in [6.45, 7) is 2.05. The van der Waals surface area contributed by atoms with Crippen molar-refractivity contribution in [1.29, 1.82) is 0 Å². The molecule has 0 radical (unpaired) electrons. The number of hydrogen-bond donors (Lipinski definition) is 1. The maximum atomic E-state index is 6.01. The first-order valence-electron chi connectivity index (χ1n) is 5.53. The van der Waals surface area contributed by atoms with E-state index in [0.29, 0.717) is 17.3 Å². The van der Waals surface area contributed by atoms with Crippen LogP contribution in [-0.4, -0.2) is 29.2 Å². The minimum Gasteiger partial charge on any atom is -0.381 e. The molecule has 4 nitrogen and oxygen atoms in total. The molecular weight excluding hydrogens is 226 g/mol. The van der Waals surface area contributed by atoms with E-state index >= 15 is 0 Å². The predicted molar refractivity (Wildman–Crippen MR) is 63.9 cm³/mol. The van der Waals surface area contributed by atoms with E-state index in [0.717, 1.165) is 30.6 Å². The summed E-state index contributed by atoms with van der Waals surface area (Å²) in [6.07, 6.45) is 4.78. The minimum atomic E-state index is 0.389. The number of anilines is 1. The molecule has 88 valence electrons. The van der Waals surface area contributed by atoms with Gasteiger partial charge in [-0.15, -0.1) is 0 Å². The molecule has 16 heavy (non-hydrogen) atoms. The van der Waals surface area contributed by atoms with Gasteiger partial charge >= 0.3 is 0 Å². The van der Waals surface area contributed by atoms with Crippen molar-refractivity contribution in [3.63, 3.8) is 0 Å². The number of ether oxygens (including phenoxy) is 1. The molecule has 0 bridgehead atoms. The van der Waals surface area contributed by atoms with Gasteiger partial charge in [-0.2, -0.15) is 0 Å². The third-order valence-corrected chi connectivity index (χ3v) is 3.34. The van der Waals surface area contributed by atoms with Gasteiger partial charge in [0, 0.05) is 18.7 Å². The lowest BCUT2D eigenvalue weighted by atomic mass is 9.89. The van der Waals surface area contributed by atoms with Crippen molar-refractivity contribution >= 4 is 17.4 Å². The van der Waals surface area contributed by atoms with Crippen molar-refractivity contribution in [2.75, 3.05) is 12.4 Å². The van der Waals surface area contributed by atoms with Crippen LogP contribution in [0.15, 0.2) is 6.33 Å². The quantitative estimate of drug-likeness (QED) is 0.822. The summed E-state index contributed by atoms with van der Waals surface area (Å²) in [6, 6.07) is 0.446. The van der Waals surface area contributed by atoms with Gasteiger partial charge < -0.3 is 10.1 Å². The van der Waals surface area contributed by atoms with Crippen LogP contribution in [0.4, 0.5) is 5.82 Å². The lowest BCUT2D eigenvalue weighted by molar-refractivity contribution is 0.0327. The molecule has 0 aromatic carbocycles. The summed E-state index contributed by atoms with van der Waals surface area (Å²) in [7, 11) is 1.75. The van der Waals surface area contributed by atoms with E-state index in [4.69, 9.17) is 16.3 Å². The van der Waals surface area contributed by atoms with Crippen LogP contribution in [0.1, 0.15) is 25.3 Å². The Balaban J connectivity index is 2.02. The first-order valence-corrected chi connectivity index (χ1v) is 5.91. The zero-order valence-electron chi connectivity index (χ0n) is 9.53. The largest absolute Gasteiger partial charge is 0.381 e. The summed E-state index contributed by atoms with van der Waals surface area (Å²) in [5, 5.41) is 3.93. The predicted octanol–water partition coefficient (Wildman–Crippen LogP) is 2.28. The molecule has 1 aliphatic carbocycles. The molecule has 1 aromatic heterocycles. The van der Waals surface area contributed by atoms with Crippen molar-refractivity contribution < 1.29 is 4.74 Å². The Hall–Kier alpha value is -0.870. The number of rotatable bonds is 4. The third kappa shape index (κ3) is 2.28. The van der Waals surface area contributed by atoms with E-state index in [1.54, 1.807) is 7.11 Å². The highest BCUT2D eigenvalue weighted by molar-refractivity contribution is 6.30. The van der Waals surface area contributed by atoms with Gasteiger partial charge in [-0.05, 0) is 19.3 Å². The monoisotopic (exact) mass is 241 g/mol. The van der Waals surface area contributed by atoms with E-state index < -0.39 is 0 Å². The molecule has 1 aromatic rings. The van der Waals surface area contributed by atoms with Gasteiger partial charge in [-0.1, -0.05) is 18.5 Å². The highest BCUT2D eigenvalue weighted by atomic mass is 35.5. The summed E-state index contributed by atoms with van der Waals surface area (Å²) in [5.41, 5.74) is 0.991. The van der Waals surface area contributed by atoms with Crippen molar-refractivity contribution in [1.82, 2.24) is 9.97 Å². The summed E-state index contributed by atoms with van der Waals surface area (Å²) >= 11 is 6.01. The highest BCUT2D eigenvalue weighted by Crippen LogP contribution is 2.28. The van der Waals surface area contributed by atoms with E-state index in [1.165, 1.54) is 6.33 Å². The second-order valence-corrected chi connectivity index (χ2v) is 4.37. The van der Waals surface area contributed by atoms with Crippen LogP contribution in [0.5, 0.6) is 0 Å². The van der Waals surface area contributed by atoms with Gasteiger partial charge in [-0.25, -0.2) is 9.97 Å². The van der Waals surface area contributed by atoms with Crippen LogP contribution in [0.2, 0.25) is 5.15 Å². The number of nitrogens with one attached hydrogen (secondary N) is 1. The molecule has 1 heterocycles. The SMILES string of the molecule is CCc1c(Cl)ncnc1NC1CC(OC)C1. The number of methoxy groups -OCH3 is 1. The molecule has 0 saturated heterocycles. The molecule has 0 unspecified atom stereocenters. The van der Waals surface area contributed by atoms with Crippen molar-refractivity contribution in [2.24, 2.45) is 0 Å². The number of aromatic nitrogens is 2. The molecule has 0 aliphatic heterocycles. The van der Waals surface area contributed by atoms with E-state index in [-0.39, 0.29) is 0 Å². The van der Waals surface area contributed by atoms with Crippen molar-refractivity contribution in [2.45, 2.75) is 38.3 Å². The number of hydrogen-bond acceptors (Lipinski definition) is 4. The lowest BCUT2D eigenvalue weighted by Crippen LogP contribution is -2.40. The van der Waals surface area contributed by atoms with Gasteiger partial charge in [0.15, 0.2) is 0 Å². The molecule has 0 atom stereocenters. The average Bonchev–Trinajstić information content (AvgIpc) is 2.23. The van der Waals surface area contributed by atoms with Crippen molar-refractivity contribution in [3.8, 4) is 0 Å². The Bertz CT molecular complexity index is 366. The van der Waals surface area contributed by atoms with Crippen LogP contribution in [0.25, 0.3) is 0 Å². The number of halogens is 1. The Morgan fingerprint density at radius 2 is 2.25 bits per heavy atom. The fraction of sp³-hybridized carbons (Fsp3) is 0.636. The van der Waals surface area contributed by atoms with Gasteiger partial charge in [-0.3, -0.25) is 0 Å². The molecule has 1 fully saturated rings. The molecule has 0 amide bonds. The molecular formula is C11H16ClN3O. The molecule has 2 rings (SSSR count). The van der Waals surface area contributed by atoms with Crippen LogP contribution < -0.4 is 5.32 Å². The van der Waals surface area contributed by atoms with Gasteiger partial charge in [0.2, 0.25) is 0 Å². The molecule has 1 aliphatic rings. The normalized spacial score (nSPS) is 23.9. The first kappa shape index (κ1) is 11.6. The Morgan fingerprint density at radius 1 is 1.50 bits per heavy atom. The van der Waals surface area contributed by atoms with Crippen LogP contribution in [0, 0.1) is 0 Å². The minimum absolute atomic E-state index is 0.389. The Morgan fingerprint density at radius 3 is 2.88 bits per heavy atom. The Labute approximate surface area is 100 Å². The topological polar surface area (TPSA) is 47.0 Å². The van der Waals surface area contributed by atoms with Crippen molar-refractivity contribution in [3.05, 3.63) is 17.0 Å². The Kier molecular flexibility index (Phi) is 3.61. The summed E-state index contributed by atoms with van der Waals surface area (Å²) in [5.74, 6) is 0.863. The maximum absolute atomic E-state index is 6.01. The molecule has 0 spiro atoms. The van der Waals surface area contributed by atoms with Crippen LogP contribution in [0.3, 0.4) is 0 Å². The summed E-state index contributed by atoms with van der Waals surface area (Å²) < 4.78 is 5.24. The van der Waals surface area contributed by atoms with E-state index in [1.807, 2.05) is 0 Å². The molecule has 1 N–H and O–H groups in total. The van der Waals surface area contributed by atoms with Crippen LogP contribution in [-0.2, 0) is 11.2 Å². The number of nitrogens with zero attached hydrogens (tertiary/aromatic N) is 2. The zero-order valence-corrected chi connectivity index (χ0v) is 10.3.